The summed E-state index contributed by atoms with van der Waals surface area (Å²) in [5.41, 5.74) is 5.07. The lowest BCUT2D eigenvalue weighted by Gasteiger charge is -2.24. The van der Waals surface area contributed by atoms with Gasteiger partial charge in [0.1, 0.15) is 9.71 Å². The zero-order valence-corrected chi connectivity index (χ0v) is 17.7. The van der Waals surface area contributed by atoms with Crippen LogP contribution in [0.15, 0.2) is 66.7 Å². The van der Waals surface area contributed by atoms with Crippen LogP contribution < -0.4 is 0 Å². The predicted octanol–water partition coefficient (Wildman–Crippen LogP) is 7.16. The van der Waals surface area contributed by atoms with Crippen LogP contribution in [0.3, 0.4) is 0 Å². The minimum Gasteiger partial charge on any atom is -0.477 e. The Kier molecular flexibility index (Phi) is 5.17. The standard InChI is InChI=1S/C26H25NO2S/c28-26(29)22-16-21-23(19-12-6-2-7-13-19)24(20-14-8-3-9-15-20)27(25(21)30-22)17-18-10-4-1-5-11-18/h1,3-5,8-11,14-16,19H,2,6-7,12-13,17H2,(H,28,29). The van der Waals surface area contributed by atoms with E-state index in [4.69, 9.17) is 0 Å². The van der Waals surface area contributed by atoms with Crippen molar-refractivity contribution in [2.45, 2.75) is 44.6 Å². The molecule has 1 N–H and O–H groups in total. The van der Waals surface area contributed by atoms with Crippen LogP contribution in [-0.4, -0.2) is 15.6 Å². The maximum atomic E-state index is 11.8. The molecular weight excluding hydrogens is 390 g/mol. The van der Waals surface area contributed by atoms with Gasteiger partial charge in [-0.25, -0.2) is 4.79 Å². The summed E-state index contributed by atoms with van der Waals surface area (Å²) in [6, 6.07) is 23.0. The molecule has 4 aromatic rings. The monoisotopic (exact) mass is 415 g/mol. The van der Waals surface area contributed by atoms with E-state index in [1.807, 2.05) is 12.1 Å². The number of hydrogen-bond acceptors (Lipinski definition) is 2. The third-order valence-corrected chi connectivity index (χ3v) is 7.37. The number of carboxylic acid groups (broad SMARTS) is 1. The normalized spacial score (nSPS) is 14.9. The molecule has 1 fully saturated rings. The van der Waals surface area contributed by atoms with Crippen LogP contribution in [0.1, 0.15) is 58.8 Å². The third-order valence-electron chi connectivity index (χ3n) is 6.23. The zero-order valence-electron chi connectivity index (χ0n) is 16.9. The Morgan fingerprint density at radius 1 is 0.967 bits per heavy atom. The van der Waals surface area contributed by atoms with Crippen LogP contribution in [-0.2, 0) is 6.54 Å². The van der Waals surface area contributed by atoms with Crippen LogP contribution in [0.5, 0.6) is 0 Å². The predicted molar refractivity (Wildman–Crippen MR) is 124 cm³/mol. The van der Waals surface area contributed by atoms with Gasteiger partial charge in [0.25, 0.3) is 0 Å². The van der Waals surface area contributed by atoms with Crippen LogP contribution >= 0.6 is 11.3 Å². The van der Waals surface area contributed by atoms with E-state index in [0.717, 1.165) is 16.8 Å². The van der Waals surface area contributed by atoms with Crippen LogP contribution in [0, 0.1) is 0 Å². The minimum atomic E-state index is -0.835. The lowest BCUT2D eigenvalue weighted by Crippen LogP contribution is -2.08. The van der Waals surface area contributed by atoms with Crippen LogP contribution in [0.25, 0.3) is 21.5 Å². The fourth-order valence-electron chi connectivity index (χ4n) is 4.88. The molecule has 2 aromatic heterocycles. The Labute approximate surface area is 180 Å². The zero-order chi connectivity index (χ0) is 20.5. The number of benzene rings is 2. The fourth-order valence-corrected chi connectivity index (χ4v) is 5.90. The van der Waals surface area contributed by atoms with Gasteiger partial charge in [0.2, 0.25) is 0 Å². The summed E-state index contributed by atoms with van der Waals surface area (Å²) >= 11 is 1.41. The first-order valence-electron chi connectivity index (χ1n) is 10.7. The molecule has 0 aliphatic heterocycles. The molecule has 1 aliphatic rings. The second-order valence-corrected chi connectivity index (χ2v) is 9.20. The summed E-state index contributed by atoms with van der Waals surface area (Å²) in [6.45, 7) is 0.744. The summed E-state index contributed by atoms with van der Waals surface area (Å²) in [4.78, 5) is 13.3. The van der Waals surface area contributed by atoms with Gasteiger partial charge in [-0.05, 0) is 41.5 Å². The molecule has 0 atom stereocenters. The molecule has 1 aliphatic carbocycles. The molecule has 4 heteroatoms. The maximum Gasteiger partial charge on any atom is 0.345 e. The first-order valence-corrected chi connectivity index (χ1v) is 11.5. The van der Waals surface area contributed by atoms with Crippen molar-refractivity contribution in [1.82, 2.24) is 4.57 Å². The van der Waals surface area contributed by atoms with Crippen LogP contribution in [0.4, 0.5) is 0 Å². The Hall–Kier alpha value is -2.85. The quantitative estimate of drug-likeness (QED) is 0.375. The summed E-state index contributed by atoms with van der Waals surface area (Å²) in [5, 5.41) is 10.8. The highest BCUT2D eigenvalue weighted by molar-refractivity contribution is 7.20. The molecule has 3 nitrogen and oxygen atoms in total. The molecular formula is C26H25NO2S. The lowest BCUT2D eigenvalue weighted by molar-refractivity contribution is 0.0702. The van der Waals surface area contributed by atoms with E-state index in [1.54, 1.807) is 0 Å². The van der Waals surface area contributed by atoms with E-state index in [0.29, 0.717) is 10.8 Å². The smallest absolute Gasteiger partial charge is 0.345 e. The summed E-state index contributed by atoms with van der Waals surface area (Å²) in [6.07, 6.45) is 6.17. The molecule has 0 saturated heterocycles. The molecule has 0 bridgehead atoms. The molecule has 0 radical (unpaired) electrons. The van der Waals surface area contributed by atoms with Gasteiger partial charge in [0, 0.05) is 11.9 Å². The number of thiophene rings is 1. The topological polar surface area (TPSA) is 42.2 Å². The van der Waals surface area contributed by atoms with Crippen molar-refractivity contribution in [1.29, 1.82) is 0 Å². The van der Waals surface area contributed by atoms with Gasteiger partial charge in [-0.3, -0.25) is 0 Å². The number of aromatic nitrogens is 1. The van der Waals surface area contributed by atoms with Gasteiger partial charge in [-0.2, -0.15) is 0 Å². The van der Waals surface area contributed by atoms with E-state index in [1.165, 1.54) is 65.8 Å². The van der Waals surface area contributed by atoms with E-state index in [2.05, 4.69) is 59.2 Å². The largest absolute Gasteiger partial charge is 0.477 e. The Morgan fingerprint density at radius 2 is 1.63 bits per heavy atom. The number of carbonyl (C=O) groups is 1. The van der Waals surface area contributed by atoms with Crippen molar-refractivity contribution < 1.29 is 9.90 Å². The highest BCUT2D eigenvalue weighted by Gasteiger charge is 2.28. The first-order chi connectivity index (χ1) is 14.7. The van der Waals surface area contributed by atoms with Crippen molar-refractivity contribution in [3.63, 3.8) is 0 Å². The molecule has 30 heavy (non-hydrogen) atoms. The average molecular weight is 416 g/mol. The summed E-state index contributed by atoms with van der Waals surface area (Å²) in [5.74, 6) is -0.344. The first kappa shape index (κ1) is 19.1. The Bertz CT molecular complexity index is 1170. The molecule has 5 rings (SSSR count). The molecule has 0 spiro atoms. The van der Waals surface area contributed by atoms with Gasteiger partial charge in [-0.1, -0.05) is 79.9 Å². The number of rotatable bonds is 5. The van der Waals surface area contributed by atoms with Gasteiger partial charge in [0.15, 0.2) is 0 Å². The van der Waals surface area contributed by atoms with Gasteiger partial charge in [0.05, 0.1) is 5.69 Å². The van der Waals surface area contributed by atoms with E-state index in [9.17, 15) is 9.90 Å². The molecule has 0 amide bonds. The van der Waals surface area contributed by atoms with E-state index < -0.39 is 5.97 Å². The molecule has 2 heterocycles. The van der Waals surface area contributed by atoms with E-state index in [-0.39, 0.29) is 0 Å². The second kappa shape index (κ2) is 8.11. The second-order valence-electron chi connectivity index (χ2n) is 8.17. The fraction of sp³-hybridized carbons (Fsp3) is 0.269. The van der Waals surface area contributed by atoms with Gasteiger partial charge < -0.3 is 9.67 Å². The van der Waals surface area contributed by atoms with Crippen molar-refractivity contribution in [2.24, 2.45) is 0 Å². The van der Waals surface area contributed by atoms with Crippen LogP contribution in [0.2, 0.25) is 0 Å². The third kappa shape index (κ3) is 3.46. The Morgan fingerprint density at radius 3 is 2.30 bits per heavy atom. The lowest BCUT2D eigenvalue weighted by atomic mass is 9.82. The highest BCUT2D eigenvalue weighted by Crippen LogP contribution is 2.46. The van der Waals surface area contributed by atoms with Crippen molar-refractivity contribution in [3.05, 3.63) is 82.7 Å². The number of nitrogens with zero attached hydrogens (tertiary/aromatic N) is 1. The van der Waals surface area contributed by atoms with Crippen molar-refractivity contribution in [3.8, 4) is 11.3 Å². The molecule has 1 saturated carbocycles. The average Bonchev–Trinajstić information content (AvgIpc) is 3.34. The van der Waals surface area contributed by atoms with E-state index >= 15 is 0 Å². The number of carboxylic acids is 1. The number of fused-ring (bicyclic) bond motifs is 1. The maximum absolute atomic E-state index is 11.8. The minimum absolute atomic E-state index is 0.429. The SMILES string of the molecule is O=C(O)c1cc2c(C3CCCCC3)c(-c3ccccc3)n(Cc3ccccc3)c2s1. The highest BCUT2D eigenvalue weighted by atomic mass is 32.1. The Balaban J connectivity index is 1.78. The van der Waals surface area contributed by atoms with Gasteiger partial charge >= 0.3 is 5.97 Å². The number of hydrogen-bond donors (Lipinski definition) is 1. The van der Waals surface area contributed by atoms with Crippen molar-refractivity contribution >= 4 is 27.5 Å². The number of aromatic carboxylic acids is 1. The molecule has 152 valence electrons. The summed E-state index contributed by atoms with van der Waals surface area (Å²) < 4.78 is 2.36. The van der Waals surface area contributed by atoms with Crippen molar-refractivity contribution in [2.75, 3.05) is 0 Å². The van der Waals surface area contributed by atoms with Gasteiger partial charge in [-0.15, -0.1) is 11.3 Å². The molecule has 2 aromatic carbocycles. The summed E-state index contributed by atoms with van der Waals surface area (Å²) in [7, 11) is 0. The molecule has 0 unspecified atom stereocenters.